The molecule has 1 aromatic heterocycles. The Kier molecular flexibility index (Phi) is 5.43. The molecule has 0 unspecified atom stereocenters. The minimum atomic E-state index is -3.40. The Morgan fingerprint density at radius 3 is 2.56 bits per heavy atom. The molecule has 1 amide bonds. The third-order valence-corrected chi connectivity index (χ3v) is 4.99. The SMILES string of the molecule is Cc1sc(C(=O)N[C@H](C)c2cccc(NS(C)(=O)=O)c2)cc1[N+](=O)[O-]. The van der Waals surface area contributed by atoms with Gasteiger partial charge < -0.3 is 5.32 Å². The van der Waals surface area contributed by atoms with Crippen molar-refractivity contribution in [2.45, 2.75) is 19.9 Å². The van der Waals surface area contributed by atoms with Crippen LogP contribution in [0.5, 0.6) is 0 Å². The number of carbonyl (C=O) groups is 1. The fourth-order valence-corrected chi connectivity index (χ4v) is 3.65. The van der Waals surface area contributed by atoms with E-state index in [1.165, 1.54) is 6.07 Å². The molecule has 0 saturated heterocycles. The zero-order valence-corrected chi connectivity index (χ0v) is 15.4. The lowest BCUT2D eigenvalue weighted by molar-refractivity contribution is -0.385. The molecule has 0 radical (unpaired) electrons. The minimum Gasteiger partial charge on any atom is -0.345 e. The Hall–Kier alpha value is -2.46. The molecule has 0 bridgehead atoms. The van der Waals surface area contributed by atoms with Gasteiger partial charge in [-0.05, 0) is 31.5 Å². The van der Waals surface area contributed by atoms with Gasteiger partial charge in [-0.2, -0.15) is 0 Å². The Morgan fingerprint density at radius 1 is 1.32 bits per heavy atom. The van der Waals surface area contributed by atoms with Crippen LogP contribution in [0.3, 0.4) is 0 Å². The molecule has 1 aromatic carbocycles. The number of anilines is 1. The fourth-order valence-electron chi connectivity index (χ4n) is 2.20. The van der Waals surface area contributed by atoms with E-state index in [4.69, 9.17) is 0 Å². The van der Waals surface area contributed by atoms with Crippen molar-refractivity contribution >= 4 is 38.6 Å². The number of nitrogens with zero attached hydrogens (tertiary/aromatic N) is 1. The number of rotatable bonds is 6. The monoisotopic (exact) mass is 383 g/mol. The second-order valence-corrected chi connectivity index (χ2v) is 8.51. The lowest BCUT2D eigenvalue weighted by Gasteiger charge is -2.15. The maximum Gasteiger partial charge on any atom is 0.283 e. The number of hydrogen-bond acceptors (Lipinski definition) is 6. The number of amides is 1. The van der Waals surface area contributed by atoms with Crippen LogP contribution in [0.1, 0.15) is 33.1 Å². The molecule has 2 N–H and O–H groups in total. The summed E-state index contributed by atoms with van der Waals surface area (Å²) in [5, 5.41) is 13.6. The fraction of sp³-hybridized carbons (Fsp3) is 0.267. The van der Waals surface area contributed by atoms with Crippen LogP contribution in [0.25, 0.3) is 0 Å². The Morgan fingerprint density at radius 2 is 2.00 bits per heavy atom. The third-order valence-electron chi connectivity index (χ3n) is 3.35. The molecular weight excluding hydrogens is 366 g/mol. The molecule has 25 heavy (non-hydrogen) atoms. The molecule has 2 aromatic rings. The van der Waals surface area contributed by atoms with E-state index in [0.29, 0.717) is 16.1 Å². The van der Waals surface area contributed by atoms with Crippen LogP contribution >= 0.6 is 11.3 Å². The van der Waals surface area contributed by atoms with Gasteiger partial charge in [-0.1, -0.05) is 12.1 Å². The molecule has 8 nitrogen and oxygen atoms in total. The van der Waals surface area contributed by atoms with Crippen LogP contribution in [-0.2, 0) is 10.0 Å². The second kappa shape index (κ2) is 7.19. The molecule has 0 fully saturated rings. The number of aryl methyl sites for hydroxylation is 1. The van der Waals surface area contributed by atoms with Gasteiger partial charge in [0.05, 0.1) is 27.0 Å². The summed E-state index contributed by atoms with van der Waals surface area (Å²) in [7, 11) is -3.40. The molecule has 0 aliphatic heterocycles. The van der Waals surface area contributed by atoms with Gasteiger partial charge in [-0.25, -0.2) is 8.42 Å². The van der Waals surface area contributed by atoms with E-state index in [-0.39, 0.29) is 10.6 Å². The number of sulfonamides is 1. The number of hydrogen-bond donors (Lipinski definition) is 2. The highest BCUT2D eigenvalue weighted by atomic mass is 32.2. The van der Waals surface area contributed by atoms with Crippen LogP contribution in [-0.4, -0.2) is 25.5 Å². The summed E-state index contributed by atoms with van der Waals surface area (Å²) in [5.74, 6) is -0.421. The minimum absolute atomic E-state index is 0.0813. The highest BCUT2D eigenvalue weighted by molar-refractivity contribution is 7.92. The van der Waals surface area contributed by atoms with E-state index in [1.807, 2.05) is 0 Å². The van der Waals surface area contributed by atoms with E-state index in [1.54, 1.807) is 38.1 Å². The normalized spacial score (nSPS) is 12.4. The van der Waals surface area contributed by atoms with Crippen molar-refractivity contribution in [3.05, 3.63) is 55.8 Å². The third kappa shape index (κ3) is 5.00. The van der Waals surface area contributed by atoms with Crippen LogP contribution in [0.15, 0.2) is 30.3 Å². The van der Waals surface area contributed by atoms with Crippen molar-refractivity contribution in [1.82, 2.24) is 5.32 Å². The molecule has 0 saturated carbocycles. The average molecular weight is 383 g/mol. The van der Waals surface area contributed by atoms with Crippen molar-refractivity contribution in [2.75, 3.05) is 11.0 Å². The van der Waals surface area contributed by atoms with Crippen molar-refractivity contribution in [2.24, 2.45) is 0 Å². The summed E-state index contributed by atoms with van der Waals surface area (Å²) in [6.45, 7) is 3.33. The second-order valence-electron chi connectivity index (χ2n) is 5.50. The van der Waals surface area contributed by atoms with Crippen molar-refractivity contribution in [3.63, 3.8) is 0 Å². The van der Waals surface area contributed by atoms with Crippen LogP contribution < -0.4 is 10.0 Å². The van der Waals surface area contributed by atoms with Crippen LogP contribution in [0.2, 0.25) is 0 Å². The molecule has 0 aliphatic carbocycles. The highest BCUT2D eigenvalue weighted by Crippen LogP contribution is 2.28. The Labute approximate surface area is 149 Å². The van der Waals surface area contributed by atoms with Crippen molar-refractivity contribution in [3.8, 4) is 0 Å². The first kappa shape index (κ1) is 18.9. The van der Waals surface area contributed by atoms with Gasteiger partial charge in [-0.3, -0.25) is 19.6 Å². The van der Waals surface area contributed by atoms with E-state index in [2.05, 4.69) is 10.0 Å². The van der Waals surface area contributed by atoms with E-state index in [9.17, 15) is 23.3 Å². The van der Waals surface area contributed by atoms with Gasteiger partial charge in [-0.15, -0.1) is 11.3 Å². The predicted molar refractivity (Wildman–Crippen MR) is 96.5 cm³/mol. The summed E-state index contributed by atoms with van der Waals surface area (Å²) in [5.41, 5.74) is 1.01. The standard InChI is InChI=1S/C15H17N3O5S2/c1-9(11-5-4-6-12(7-11)17-25(3,22)23)16-15(19)14-8-13(18(20)21)10(2)24-14/h4-9,17H,1-3H3,(H,16,19)/t9-/m1/s1. The van der Waals surface area contributed by atoms with Gasteiger partial charge in [0.1, 0.15) is 0 Å². The van der Waals surface area contributed by atoms with E-state index >= 15 is 0 Å². The highest BCUT2D eigenvalue weighted by Gasteiger charge is 2.21. The molecule has 2 rings (SSSR count). The molecule has 1 atom stereocenters. The smallest absolute Gasteiger partial charge is 0.283 e. The molecule has 10 heteroatoms. The summed E-state index contributed by atoms with van der Waals surface area (Å²) in [4.78, 5) is 23.4. The Balaban J connectivity index is 2.15. The summed E-state index contributed by atoms with van der Waals surface area (Å²) in [6.07, 6.45) is 1.05. The summed E-state index contributed by atoms with van der Waals surface area (Å²) >= 11 is 1.05. The van der Waals surface area contributed by atoms with Crippen molar-refractivity contribution in [1.29, 1.82) is 0 Å². The number of carbonyl (C=O) groups excluding carboxylic acids is 1. The van der Waals surface area contributed by atoms with Gasteiger partial charge in [0.2, 0.25) is 10.0 Å². The van der Waals surface area contributed by atoms with Gasteiger partial charge >= 0.3 is 0 Å². The summed E-state index contributed by atoms with van der Waals surface area (Å²) in [6, 6.07) is 7.49. The van der Waals surface area contributed by atoms with Crippen molar-refractivity contribution < 1.29 is 18.1 Å². The quantitative estimate of drug-likeness (QED) is 0.587. The number of benzene rings is 1. The first-order chi connectivity index (χ1) is 11.6. The largest absolute Gasteiger partial charge is 0.345 e. The maximum absolute atomic E-state index is 12.3. The first-order valence-electron chi connectivity index (χ1n) is 7.20. The van der Waals surface area contributed by atoms with E-state index in [0.717, 1.165) is 17.6 Å². The average Bonchev–Trinajstić information content (AvgIpc) is 2.88. The topological polar surface area (TPSA) is 118 Å². The van der Waals surface area contributed by atoms with Crippen LogP contribution in [0.4, 0.5) is 11.4 Å². The predicted octanol–water partition coefficient (Wildman–Crippen LogP) is 2.83. The zero-order chi connectivity index (χ0) is 18.8. The lowest BCUT2D eigenvalue weighted by atomic mass is 10.1. The number of thiophene rings is 1. The Bertz CT molecular complexity index is 921. The number of nitrogens with one attached hydrogen (secondary N) is 2. The molecule has 0 aliphatic rings. The number of nitro groups is 1. The maximum atomic E-state index is 12.3. The molecular formula is C15H17N3O5S2. The lowest BCUT2D eigenvalue weighted by Crippen LogP contribution is -2.26. The first-order valence-corrected chi connectivity index (χ1v) is 9.91. The summed E-state index contributed by atoms with van der Waals surface area (Å²) < 4.78 is 25.0. The van der Waals surface area contributed by atoms with Gasteiger partial charge in [0, 0.05) is 11.8 Å². The molecule has 134 valence electrons. The van der Waals surface area contributed by atoms with Gasteiger partial charge in [0.25, 0.3) is 11.6 Å². The van der Waals surface area contributed by atoms with Gasteiger partial charge in [0.15, 0.2) is 0 Å². The molecule has 0 spiro atoms. The zero-order valence-electron chi connectivity index (χ0n) is 13.8. The van der Waals surface area contributed by atoms with E-state index < -0.39 is 26.9 Å². The molecule has 1 heterocycles. The van der Waals surface area contributed by atoms with Crippen LogP contribution in [0, 0.1) is 17.0 Å².